The summed E-state index contributed by atoms with van der Waals surface area (Å²) in [6, 6.07) is 7.94. The van der Waals surface area contributed by atoms with Crippen LogP contribution in [0.4, 0.5) is 0 Å². The third kappa shape index (κ3) is 5.21. The molecule has 1 aromatic rings. The molecule has 4 nitrogen and oxygen atoms in total. The van der Waals surface area contributed by atoms with E-state index in [1.165, 1.54) is 5.56 Å². The lowest BCUT2D eigenvalue weighted by Gasteiger charge is -2.24. The Bertz CT molecular complexity index is 467. The van der Waals surface area contributed by atoms with Gasteiger partial charge in [0.25, 0.3) is 0 Å². The monoisotopic (exact) mass is 309 g/mol. The van der Waals surface area contributed by atoms with Crippen LogP contribution in [0.25, 0.3) is 0 Å². The number of hydrogen-bond donors (Lipinski definition) is 2. The zero-order chi connectivity index (χ0) is 15.1. The van der Waals surface area contributed by atoms with Gasteiger partial charge in [0.1, 0.15) is 0 Å². The Balaban J connectivity index is 1.71. The molecule has 1 aromatic carbocycles. The first-order valence-corrected chi connectivity index (χ1v) is 7.82. The molecule has 1 aliphatic heterocycles. The molecule has 0 saturated carbocycles. The summed E-state index contributed by atoms with van der Waals surface area (Å²) in [4.78, 5) is 4.24. The lowest BCUT2D eigenvalue weighted by atomic mass is 10.0. The second-order valence-corrected chi connectivity index (χ2v) is 6.07. The average Bonchev–Trinajstić information content (AvgIpc) is 2.92. The molecule has 116 valence electrons. The molecular weight excluding hydrogens is 286 g/mol. The van der Waals surface area contributed by atoms with Crippen molar-refractivity contribution in [1.29, 1.82) is 0 Å². The molecule has 1 saturated heterocycles. The molecule has 1 fully saturated rings. The predicted octanol–water partition coefficient (Wildman–Crippen LogP) is 2.62. The second-order valence-electron chi connectivity index (χ2n) is 5.63. The van der Waals surface area contributed by atoms with Crippen LogP contribution >= 0.6 is 11.6 Å². The van der Waals surface area contributed by atoms with E-state index in [1.807, 2.05) is 24.3 Å². The Hall–Kier alpha value is -1.26. The summed E-state index contributed by atoms with van der Waals surface area (Å²) in [6.07, 6.45) is 3.17. The minimum absolute atomic E-state index is 0.0617. The molecule has 0 amide bonds. The van der Waals surface area contributed by atoms with Gasteiger partial charge >= 0.3 is 0 Å². The van der Waals surface area contributed by atoms with Crippen LogP contribution in [0.5, 0.6) is 0 Å². The molecule has 0 aromatic heterocycles. The van der Waals surface area contributed by atoms with Crippen LogP contribution in [0.3, 0.4) is 0 Å². The van der Waals surface area contributed by atoms with Gasteiger partial charge in [-0.15, -0.1) is 0 Å². The van der Waals surface area contributed by atoms with E-state index in [0.717, 1.165) is 49.9 Å². The van der Waals surface area contributed by atoms with Gasteiger partial charge in [-0.25, -0.2) is 0 Å². The van der Waals surface area contributed by atoms with Crippen LogP contribution in [0.15, 0.2) is 29.3 Å². The second kappa shape index (κ2) is 7.66. The zero-order valence-electron chi connectivity index (χ0n) is 12.8. The summed E-state index contributed by atoms with van der Waals surface area (Å²) in [5, 5.41) is 7.44. The fraction of sp³-hybridized carbons (Fsp3) is 0.562. The molecule has 0 radical (unpaired) electrons. The molecule has 0 bridgehead atoms. The van der Waals surface area contributed by atoms with Gasteiger partial charge in [0.15, 0.2) is 5.96 Å². The standard InChI is InChI=1S/C16H24ClN3O/c1-16(9-3-11-21-16)12-20-15(18-2)19-10-8-13-4-6-14(17)7-5-13/h4-7H,3,8-12H2,1-2H3,(H2,18,19,20). The third-order valence-electron chi connectivity index (χ3n) is 3.77. The Kier molecular flexibility index (Phi) is 5.88. The minimum atomic E-state index is -0.0617. The van der Waals surface area contributed by atoms with Gasteiger partial charge in [0.05, 0.1) is 5.60 Å². The zero-order valence-corrected chi connectivity index (χ0v) is 13.5. The Labute approximate surface area is 131 Å². The molecule has 2 rings (SSSR count). The maximum atomic E-state index is 5.88. The molecular formula is C16H24ClN3O. The van der Waals surface area contributed by atoms with Crippen LogP contribution in [0.1, 0.15) is 25.3 Å². The molecule has 1 unspecified atom stereocenters. The van der Waals surface area contributed by atoms with Crippen LogP contribution in [-0.2, 0) is 11.2 Å². The van der Waals surface area contributed by atoms with Crippen molar-refractivity contribution in [3.05, 3.63) is 34.9 Å². The van der Waals surface area contributed by atoms with Crippen molar-refractivity contribution in [2.75, 3.05) is 26.7 Å². The number of rotatable bonds is 5. The fourth-order valence-corrected chi connectivity index (χ4v) is 2.57. The van der Waals surface area contributed by atoms with E-state index >= 15 is 0 Å². The summed E-state index contributed by atoms with van der Waals surface area (Å²) >= 11 is 5.88. The molecule has 2 N–H and O–H groups in total. The number of ether oxygens (including phenoxy) is 1. The number of aliphatic imine (C=N–C) groups is 1. The molecule has 1 atom stereocenters. The van der Waals surface area contributed by atoms with E-state index in [2.05, 4.69) is 22.5 Å². The maximum Gasteiger partial charge on any atom is 0.191 e. The van der Waals surface area contributed by atoms with Gasteiger partial charge in [-0.3, -0.25) is 4.99 Å². The van der Waals surface area contributed by atoms with E-state index < -0.39 is 0 Å². The van der Waals surface area contributed by atoms with Crippen molar-refractivity contribution >= 4 is 17.6 Å². The normalized spacial score (nSPS) is 22.3. The SMILES string of the molecule is CN=C(NCCc1ccc(Cl)cc1)NCC1(C)CCCO1. The average molecular weight is 310 g/mol. The number of hydrogen-bond acceptors (Lipinski definition) is 2. The van der Waals surface area contributed by atoms with Crippen molar-refractivity contribution in [2.24, 2.45) is 4.99 Å². The highest BCUT2D eigenvalue weighted by Crippen LogP contribution is 2.23. The summed E-state index contributed by atoms with van der Waals surface area (Å²) in [7, 11) is 1.79. The van der Waals surface area contributed by atoms with E-state index in [-0.39, 0.29) is 5.60 Å². The molecule has 1 heterocycles. The number of guanidine groups is 1. The maximum absolute atomic E-state index is 5.88. The smallest absolute Gasteiger partial charge is 0.191 e. The van der Waals surface area contributed by atoms with Crippen molar-refractivity contribution < 1.29 is 4.74 Å². The number of nitrogens with one attached hydrogen (secondary N) is 2. The minimum Gasteiger partial charge on any atom is -0.373 e. The van der Waals surface area contributed by atoms with Crippen molar-refractivity contribution in [3.8, 4) is 0 Å². The van der Waals surface area contributed by atoms with Crippen LogP contribution in [-0.4, -0.2) is 38.3 Å². The van der Waals surface area contributed by atoms with Crippen LogP contribution in [0, 0.1) is 0 Å². The number of benzene rings is 1. The first-order chi connectivity index (χ1) is 10.1. The van der Waals surface area contributed by atoms with Gasteiger partial charge in [-0.1, -0.05) is 23.7 Å². The third-order valence-corrected chi connectivity index (χ3v) is 4.03. The fourth-order valence-electron chi connectivity index (χ4n) is 2.44. The summed E-state index contributed by atoms with van der Waals surface area (Å²) in [5.74, 6) is 0.820. The van der Waals surface area contributed by atoms with Crippen molar-refractivity contribution in [1.82, 2.24) is 10.6 Å². The quantitative estimate of drug-likeness (QED) is 0.649. The topological polar surface area (TPSA) is 45.7 Å². The van der Waals surface area contributed by atoms with Gasteiger partial charge in [-0.2, -0.15) is 0 Å². The lowest BCUT2D eigenvalue weighted by Crippen LogP contribution is -2.45. The van der Waals surface area contributed by atoms with E-state index in [1.54, 1.807) is 7.05 Å². The van der Waals surface area contributed by atoms with Crippen molar-refractivity contribution in [2.45, 2.75) is 31.8 Å². The summed E-state index contributed by atoms with van der Waals surface area (Å²) in [5.41, 5.74) is 1.20. The van der Waals surface area contributed by atoms with Gasteiger partial charge in [-0.05, 0) is 43.9 Å². The predicted molar refractivity (Wildman–Crippen MR) is 88.1 cm³/mol. The van der Waals surface area contributed by atoms with E-state index in [9.17, 15) is 0 Å². The van der Waals surface area contributed by atoms with Gasteiger partial charge in [0.2, 0.25) is 0 Å². The summed E-state index contributed by atoms with van der Waals surface area (Å²) in [6.45, 7) is 4.63. The Morgan fingerprint density at radius 3 is 2.71 bits per heavy atom. The first kappa shape index (κ1) is 16.1. The van der Waals surface area contributed by atoms with Gasteiger partial charge in [0, 0.05) is 31.8 Å². The molecule has 1 aliphatic rings. The highest BCUT2D eigenvalue weighted by molar-refractivity contribution is 6.30. The molecule has 21 heavy (non-hydrogen) atoms. The number of nitrogens with zero attached hydrogens (tertiary/aromatic N) is 1. The first-order valence-electron chi connectivity index (χ1n) is 7.44. The Morgan fingerprint density at radius 1 is 1.33 bits per heavy atom. The highest BCUT2D eigenvalue weighted by Gasteiger charge is 2.29. The van der Waals surface area contributed by atoms with Gasteiger partial charge < -0.3 is 15.4 Å². The molecule has 0 aliphatic carbocycles. The molecule has 5 heteroatoms. The van der Waals surface area contributed by atoms with Crippen LogP contribution < -0.4 is 10.6 Å². The summed E-state index contributed by atoms with van der Waals surface area (Å²) < 4.78 is 5.76. The van der Waals surface area contributed by atoms with Crippen LogP contribution in [0.2, 0.25) is 5.02 Å². The highest BCUT2D eigenvalue weighted by atomic mass is 35.5. The number of halogens is 1. The van der Waals surface area contributed by atoms with E-state index in [0.29, 0.717) is 0 Å². The molecule has 0 spiro atoms. The Morgan fingerprint density at radius 2 is 2.10 bits per heavy atom. The van der Waals surface area contributed by atoms with E-state index in [4.69, 9.17) is 16.3 Å². The lowest BCUT2D eigenvalue weighted by molar-refractivity contribution is 0.0243. The largest absolute Gasteiger partial charge is 0.373 e. The van der Waals surface area contributed by atoms with Crippen molar-refractivity contribution in [3.63, 3.8) is 0 Å².